The van der Waals surface area contributed by atoms with Crippen molar-refractivity contribution in [2.75, 3.05) is 6.26 Å². The Kier molecular flexibility index (Phi) is 4.37. The molecule has 6 nitrogen and oxygen atoms in total. The van der Waals surface area contributed by atoms with Crippen LogP contribution in [0.15, 0.2) is 74.7 Å². The van der Waals surface area contributed by atoms with E-state index in [1.807, 2.05) is 18.4 Å². The zero-order chi connectivity index (χ0) is 18.1. The maximum atomic E-state index is 13.2. The van der Waals surface area contributed by atoms with Crippen molar-refractivity contribution in [1.82, 2.24) is 14.8 Å². The van der Waals surface area contributed by atoms with Gasteiger partial charge in [0.15, 0.2) is 5.82 Å². The van der Waals surface area contributed by atoms with E-state index in [9.17, 15) is 8.42 Å². The minimum atomic E-state index is -3.71. The molecule has 0 N–H and O–H groups in total. The summed E-state index contributed by atoms with van der Waals surface area (Å²) in [6.45, 7) is 0.592. The molecule has 1 aromatic carbocycles. The molecule has 0 unspecified atom stereocenters. The molecule has 0 saturated heterocycles. The van der Waals surface area contributed by atoms with Crippen LogP contribution in [0, 0.1) is 0 Å². The molecule has 1 aliphatic rings. The van der Waals surface area contributed by atoms with E-state index >= 15 is 0 Å². The number of aromatic nitrogens is 3. The van der Waals surface area contributed by atoms with Crippen LogP contribution in [-0.2, 0) is 16.4 Å². The average Bonchev–Trinajstić information content (AvgIpc) is 3.08. The lowest BCUT2D eigenvalue weighted by Gasteiger charge is -2.15. The minimum Gasteiger partial charge on any atom is -0.265 e. The number of aliphatic imine (C=N–C) groups is 1. The van der Waals surface area contributed by atoms with Crippen molar-refractivity contribution < 1.29 is 8.42 Å². The number of aryl methyl sites for hydroxylation is 1. The number of hydrogen-bond acceptors (Lipinski definition) is 6. The normalized spacial score (nSPS) is 14.0. The molecule has 4 rings (SSSR count). The molecule has 1 aliphatic heterocycles. The number of nitrogens with zero attached hydrogens (tertiary/aromatic N) is 4. The summed E-state index contributed by atoms with van der Waals surface area (Å²) in [6, 6.07) is 12.2. The maximum Gasteiger partial charge on any atom is 0.213 e. The third-order valence-electron chi connectivity index (χ3n) is 4.18. The fraction of sp³-hybridized carbons (Fsp3) is 0.167. The highest BCUT2D eigenvalue weighted by Gasteiger charge is 2.32. The van der Waals surface area contributed by atoms with Crippen molar-refractivity contribution in [2.45, 2.75) is 27.8 Å². The number of benzene rings is 1. The van der Waals surface area contributed by atoms with Crippen LogP contribution >= 0.6 is 11.8 Å². The van der Waals surface area contributed by atoms with Crippen molar-refractivity contribution in [3.05, 3.63) is 60.4 Å². The van der Waals surface area contributed by atoms with E-state index in [1.54, 1.807) is 47.4 Å². The van der Waals surface area contributed by atoms with E-state index in [4.69, 9.17) is 0 Å². The number of sulfone groups is 1. The predicted molar refractivity (Wildman–Crippen MR) is 101 cm³/mol. The number of rotatable bonds is 4. The Morgan fingerprint density at radius 1 is 1.08 bits per heavy atom. The van der Waals surface area contributed by atoms with Crippen LogP contribution in [0.1, 0.15) is 12.0 Å². The fourth-order valence-electron chi connectivity index (χ4n) is 2.91. The highest BCUT2D eigenvalue weighted by molar-refractivity contribution is 7.99. The average molecular weight is 384 g/mol. The highest BCUT2D eigenvalue weighted by atomic mass is 32.2. The topological polar surface area (TPSA) is 77.2 Å². The van der Waals surface area contributed by atoms with Crippen LogP contribution in [0.2, 0.25) is 0 Å². The second-order valence-electron chi connectivity index (χ2n) is 5.75. The SMILES string of the molecule is CSc1nn2c(c1S(=O)(=O)c1ccccc1)N=C(c1ccncc1)CC2. The monoisotopic (exact) mass is 384 g/mol. The van der Waals surface area contributed by atoms with Gasteiger partial charge < -0.3 is 0 Å². The van der Waals surface area contributed by atoms with Gasteiger partial charge in [-0.3, -0.25) is 4.98 Å². The molecule has 3 aromatic rings. The maximum absolute atomic E-state index is 13.2. The first-order valence-electron chi connectivity index (χ1n) is 8.04. The predicted octanol–water partition coefficient (Wildman–Crippen LogP) is 3.36. The molecule has 3 heterocycles. The van der Waals surface area contributed by atoms with Gasteiger partial charge in [-0.15, -0.1) is 11.8 Å². The van der Waals surface area contributed by atoms with Crippen LogP contribution in [0.5, 0.6) is 0 Å². The third-order valence-corrected chi connectivity index (χ3v) is 6.79. The summed E-state index contributed by atoms with van der Waals surface area (Å²) in [5.41, 5.74) is 1.79. The first-order valence-corrected chi connectivity index (χ1v) is 10.7. The standard InChI is InChI=1S/C18H16N4O2S2/c1-25-18-16(26(23,24)14-5-3-2-4-6-14)17-20-15(9-12-22(17)21-18)13-7-10-19-11-8-13/h2-8,10-11H,9,12H2,1H3. The lowest BCUT2D eigenvalue weighted by atomic mass is 10.1. The molecule has 0 spiro atoms. The van der Waals surface area contributed by atoms with Crippen LogP contribution < -0.4 is 0 Å². The Morgan fingerprint density at radius 2 is 1.81 bits per heavy atom. The molecule has 0 radical (unpaired) electrons. The second kappa shape index (κ2) is 6.69. The molecule has 0 bridgehead atoms. The van der Waals surface area contributed by atoms with Gasteiger partial charge >= 0.3 is 0 Å². The van der Waals surface area contributed by atoms with E-state index in [1.165, 1.54) is 11.8 Å². The molecule has 8 heteroatoms. The smallest absolute Gasteiger partial charge is 0.213 e. The van der Waals surface area contributed by atoms with Crippen molar-refractivity contribution in [1.29, 1.82) is 0 Å². The van der Waals surface area contributed by atoms with Crippen LogP contribution in [0.4, 0.5) is 5.82 Å². The summed E-state index contributed by atoms with van der Waals surface area (Å²) in [6.07, 6.45) is 5.93. The van der Waals surface area contributed by atoms with Crippen LogP contribution in [-0.4, -0.2) is 35.1 Å². The zero-order valence-electron chi connectivity index (χ0n) is 14.0. The molecular weight excluding hydrogens is 368 g/mol. The van der Waals surface area contributed by atoms with Crippen molar-refractivity contribution >= 4 is 33.1 Å². The summed E-state index contributed by atoms with van der Waals surface area (Å²) in [7, 11) is -3.71. The fourth-order valence-corrected chi connectivity index (χ4v) is 5.36. The molecule has 0 fully saturated rings. The quantitative estimate of drug-likeness (QED) is 0.645. The molecule has 0 saturated carbocycles. The van der Waals surface area contributed by atoms with Gasteiger partial charge in [0.1, 0.15) is 9.92 Å². The second-order valence-corrected chi connectivity index (χ2v) is 8.43. The third kappa shape index (κ3) is 2.85. The van der Waals surface area contributed by atoms with Gasteiger partial charge in [0, 0.05) is 25.4 Å². The lowest BCUT2D eigenvalue weighted by molar-refractivity contribution is 0.594. The van der Waals surface area contributed by atoms with E-state index in [2.05, 4.69) is 15.1 Å². The number of thioether (sulfide) groups is 1. The van der Waals surface area contributed by atoms with E-state index in [0.29, 0.717) is 23.8 Å². The van der Waals surface area contributed by atoms with Gasteiger partial charge in [-0.05, 0) is 36.1 Å². The van der Waals surface area contributed by atoms with Crippen molar-refractivity contribution in [2.24, 2.45) is 4.99 Å². The summed E-state index contributed by atoms with van der Waals surface area (Å²) in [5, 5.41) is 4.95. The summed E-state index contributed by atoms with van der Waals surface area (Å²) < 4.78 is 28.2. The lowest BCUT2D eigenvalue weighted by Crippen LogP contribution is -2.14. The van der Waals surface area contributed by atoms with E-state index in [-0.39, 0.29) is 9.79 Å². The molecule has 132 valence electrons. The Balaban J connectivity index is 1.91. The Hall–Kier alpha value is -2.45. The molecular formula is C18H16N4O2S2. The summed E-state index contributed by atoms with van der Waals surface area (Å²) in [5.74, 6) is 0.399. The number of pyridine rings is 1. The van der Waals surface area contributed by atoms with Gasteiger partial charge in [-0.25, -0.2) is 18.1 Å². The van der Waals surface area contributed by atoms with Gasteiger partial charge in [-0.2, -0.15) is 5.10 Å². The summed E-state index contributed by atoms with van der Waals surface area (Å²) in [4.78, 5) is 9.13. The van der Waals surface area contributed by atoms with Crippen LogP contribution in [0.3, 0.4) is 0 Å². The number of fused-ring (bicyclic) bond motifs is 1. The van der Waals surface area contributed by atoms with Gasteiger partial charge in [0.25, 0.3) is 0 Å². The van der Waals surface area contributed by atoms with E-state index < -0.39 is 9.84 Å². The molecule has 0 aliphatic carbocycles. The molecule has 26 heavy (non-hydrogen) atoms. The Labute approximate surface area is 155 Å². The van der Waals surface area contributed by atoms with Gasteiger partial charge in [-0.1, -0.05) is 18.2 Å². The van der Waals surface area contributed by atoms with Crippen molar-refractivity contribution in [3.8, 4) is 0 Å². The first kappa shape index (κ1) is 17.0. The largest absolute Gasteiger partial charge is 0.265 e. The van der Waals surface area contributed by atoms with Gasteiger partial charge in [0.2, 0.25) is 9.84 Å². The summed E-state index contributed by atoms with van der Waals surface area (Å²) >= 11 is 1.32. The van der Waals surface area contributed by atoms with Crippen LogP contribution in [0.25, 0.3) is 0 Å². The minimum absolute atomic E-state index is 0.183. The van der Waals surface area contributed by atoms with E-state index in [0.717, 1.165) is 11.3 Å². The molecule has 0 atom stereocenters. The molecule has 2 aromatic heterocycles. The molecule has 0 amide bonds. The highest BCUT2D eigenvalue weighted by Crippen LogP contribution is 2.39. The Bertz CT molecular complexity index is 1080. The van der Waals surface area contributed by atoms with Gasteiger partial charge in [0.05, 0.1) is 10.6 Å². The van der Waals surface area contributed by atoms with Crippen molar-refractivity contribution in [3.63, 3.8) is 0 Å². The zero-order valence-corrected chi connectivity index (χ0v) is 15.7. The first-order chi connectivity index (χ1) is 12.6. The number of hydrogen-bond donors (Lipinski definition) is 0. The Morgan fingerprint density at radius 3 is 2.50 bits per heavy atom.